The second-order valence-electron chi connectivity index (χ2n) is 5.41. The van der Waals surface area contributed by atoms with Gasteiger partial charge in [-0.1, -0.05) is 6.92 Å². The lowest BCUT2D eigenvalue weighted by Crippen LogP contribution is -2.54. The van der Waals surface area contributed by atoms with E-state index in [1.807, 2.05) is 21.0 Å². The zero-order valence-electron chi connectivity index (χ0n) is 12.4. The van der Waals surface area contributed by atoms with E-state index in [9.17, 15) is 13.2 Å². The van der Waals surface area contributed by atoms with Gasteiger partial charge in [-0.2, -0.15) is 13.2 Å². The highest BCUT2D eigenvalue weighted by atomic mass is 32.1. The average Bonchev–Trinajstić information content (AvgIpc) is 2.88. The summed E-state index contributed by atoms with van der Waals surface area (Å²) in [5.74, 6) is 0. The van der Waals surface area contributed by atoms with Gasteiger partial charge in [0.2, 0.25) is 0 Å². The third kappa shape index (κ3) is 3.94. The van der Waals surface area contributed by atoms with Crippen LogP contribution in [0.5, 0.6) is 0 Å². The van der Waals surface area contributed by atoms with Gasteiger partial charge >= 0.3 is 6.18 Å². The topological polar surface area (TPSA) is 31.4 Å². The van der Waals surface area contributed by atoms with Gasteiger partial charge in [0.15, 0.2) is 5.01 Å². The fourth-order valence-electron chi connectivity index (χ4n) is 2.61. The number of alkyl halides is 3. The first kappa shape index (κ1) is 16.7. The SMILES string of the molecule is CCNC(c1cnc(C(F)(F)F)s1)C1CN(C)CCN1C. The minimum absolute atomic E-state index is 0.128. The van der Waals surface area contributed by atoms with Crippen LogP contribution in [0, 0.1) is 0 Å². The number of likely N-dealkylation sites (N-methyl/N-ethyl adjacent to an activating group) is 3. The van der Waals surface area contributed by atoms with Gasteiger partial charge in [-0.25, -0.2) is 4.98 Å². The van der Waals surface area contributed by atoms with E-state index in [-0.39, 0.29) is 12.1 Å². The number of thiazole rings is 1. The molecule has 120 valence electrons. The van der Waals surface area contributed by atoms with Crippen molar-refractivity contribution < 1.29 is 13.2 Å². The van der Waals surface area contributed by atoms with Crippen molar-refractivity contribution in [3.63, 3.8) is 0 Å². The normalized spacial score (nSPS) is 23.4. The number of hydrogen-bond acceptors (Lipinski definition) is 5. The molecule has 0 radical (unpaired) electrons. The molecule has 1 aromatic heterocycles. The Morgan fingerprint density at radius 1 is 1.43 bits per heavy atom. The highest BCUT2D eigenvalue weighted by Gasteiger charge is 2.37. The number of aromatic nitrogens is 1. The van der Waals surface area contributed by atoms with E-state index >= 15 is 0 Å². The Hall–Kier alpha value is -0.700. The average molecular weight is 322 g/mol. The van der Waals surface area contributed by atoms with Gasteiger partial charge < -0.3 is 10.2 Å². The van der Waals surface area contributed by atoms with Gasteiger partial charge in [0.25, 0.3) is 0 Å². The summed E-state index contributed by atoms with van der Waals surface area (Å²) in [6, 6.07) is 0.0154. The molecule has 2 unspecified atom stereocenters. The molecule has 2 rings (SSSR count). The van der Waals surface area contributed by atoms with Gasteiger partial charge in [-0.3, -0.25) is 4.90 Å². The van der Waals surface area contributed by atoms with Gasteiger partial charge in [0.1, 0.15) is 0 Å². The van der Waals surface area contributed by atoms with Crippen molar-refractivity contribution in [2.24, 2.45) is 0 Å². The predicted molar refractivity (Wildman–Crippen MR) is 77.4 cm³/mol. The van der Waals surface area contributed by atoms with Crippen molar-refractivity contribution in [1.82, 2.24) is 20.1 Å². The Bertz CT molecular complexity index is 463. The summed E-state index contributed by atoms with van der Waals surface area (Å²) in [4.78, 5) is 8.62. The number of piperazine rings is 1. The van der Waals surface area contributed by atoms with Gasteiger partial charge in [-0.15, -0.1) is 11.3 Å². The summed E-state index contributed by atoms with van der Waals surface area (Å²) in [5.41, 5.74) is 0. The van der Waals surface area contributed by atoms with Crippen molar-refractivity contribution in [2.75, 3.05) is 40.3 Å². The van der Waals surface area contributed by atoms with Gasteiger partial charge in [0.05, 0.1) is 6.04 Å². The summed E-state index contributed by atoms with van der Waals surface area (Å²) >= 11 is 0.741. The van der Waals surface area contributed by atoms with Crippen LogP contribution in [0.1, 0.15) is 22.9 Å². The van der Waals surface area contributed by atoms with E-state index in [0.29, 0.717) is 11.4 Å². The molecule has 21 heavy (non-hydrogen) atoms. The number of rotatable bonds is 4. The van der Waals surface area contributed by atoms with Crippen LogP contribution in [0.2, 0.25) is 0 Å². The molecular formula is C13H21F3N4S. The molecule has 0 aromatic carbocycles. The number of halogens is 3. The third-order valence-corrected chi connectivity index (χ3v) is 4.91. The number of nitrogens with one attached hydrogen (secondary N) is 1. The molecule has 1 saturated heterocycles. The Labute approximate surface area is 127 Å². The zero-order chi connectivity index (χ0) is 15.6. The van der Waals surface area contributed by atoms with E-state index in [2.05, 4.69) is 20.1 Å². The van der Waals surface area contributed by atoms with Crippen molar-refractivity contribution in [1.29, 1.82) is 0 Å². The van der Waals surface area contributed by atoms with Crippen molar-refractivity contribution >= 4 is 11.3 Å². The summed E-state index contributed by atoms with van der Waals surface area (Å²) in [5, 5.41) is 2.55. The molecule has 1 N–H and O–H groups in total. The molecule has 0 amide bonds. The molecule has 1 aliphatic heterocycles. The Morgan fingerprint density at radius 2 is 2.14 bits per heavy atom. The second kappa shape index (κ2) is 6.60. The van der Waals surface area contributed by atoms with E-state index < -0.39 is 11.2 Å². The highest BCUT2D eigenvalue weighted by Crippen LogP contribution is 2.36. The molecule has 2 atom stereocenters. The zero-order valence-corrected chi connectivity index (χ0v) is 13.3. The maximum atomic E-state index is 12.7. The van der Waals surface area contributed by atoms with Crippen LogP contribution in [0.3, 0.4) is 0 Å². The van der Waals surface area contributed by atoms with Crippen molar-refractivity contribution in [3.05, 3.63) is 16.1 Å². The molecular weight excluding hydrogens is 301 g/mol. The standard InChI is InChI=1S/C13H21F3N4S/c1-4-17-11(9-8-19(2)5-6-20(9)3)10-7-18-12(21-10)13(14,15)16/h7,9,11,17H,4-6,8H2,1-3H3. The molecule has 1 aromatic rings. The lowest BCUT2D eigenvalue weighted by molar-refractivity contribution is -0.137. The maximum Gasteiger partial charge on any atom is 0.443 e. The van der Waals surface area contributed by atoms with Crippen LogP contribution in [0.15, 0.2) is 6.20 Å². The Morgan fingerprint density at radius 3 is 2.71 bits per heavy atom. The first-order valence-electron chi connectivity index (χ1n) is 6.98. The molecule has 1 aliphatic rings. The van der Waals surface area contributed by atoms with Crippen LogP contribution in [-0.4, -0.2) is 61.1 Å². The number of hydrogen-bond donors (Lipinski definition) is 1. The molecule has 0 bridgehead atoms. The first-order chi connectivity index (χ1) is 9.82. The molecule has 2 heterocycles. The molecule has 4 nitrogen and oxygen atoms in total. The maximum absolute atomic E-state index is 12.7. The molecule has 8 heteroatoms. The smallest absolute Gasteiger partial charge is 0.308 e. The Balaban J connectivity index is 2.23. The van der Waals surface area contributed by atoms with Crippen molar-refractivity contribution in [3.8, 4) is 0 Å². The fraction of sp³-hybridized carbons (Fsp3) is 0.769. The fourth-order valence-corrected chi connectivity index (χ4v) is 3.53. The van der Waals surface area contributed by atoms with Crippen LogP contribution < -0.4 is 5.32 Å². The summed E-state index contributed by atoms with van der Waals surface area (Å²) < 4.78 is 38.2. The summed E-state index contributed by atoms with van der Waals surface area (Å²) in [6.45, 7) is 5.38. The van der Waals surface area contributed by atoms with E-state index in [1.54, 1.807) is 0 Å². The first-order valence-corrected chi connectivity index (χ1v) is 7.79. The summed E-state index contributed by atoms with van der Waals surface area (Å²) in [7, 11) is 4.06. The molecule has 0 saturated carbocycles. The molecule has 0 spiro atoms. The van der Waals surface area contributed by atoms with Crippen LogP contribution >= 0.6 is 11.3 Å². The van der Waals surface area contributed by atoms with Crippen LogP contribution in [0.4, 0.5) is 13.2 Å². The molecule has 0 aliphatic carbocycles. The lowest BCUT2D eigenvalue weighted by Gasteiger charge is -2.41. The second-order valence-corrected chi connectivity index (χ2v) is 6.47. The minimum Gasteiger partial charge on any atom is -0.308 e. The largest absolute Gasteiger partial charge is 0.443 e. The Kier molecular flexibility index (Phi) is 5.24. The van der Waals surface area contributed by atoms with Gasteiger partial charge in [-0.05, 0) is 20.6 Å². The quantitative estimate of drug-likeness (QED) is 0.919. The van der Waals surface area contributed by atoms with Crippen LogP contribution in [0.25, 0.3) is 0 Å². The van der Waals surface area contributed by atoms with Crippen molar-refractivity contribution in [2.45, 2.75) is 25.2 Å². The minimum atomic E-state index is -4.37. The highest BCUT2D eigenvalue weighted by molar-refractivity contribution is 7.11. The van der Waals surface area contributed by atoms with Gasteiger partial charge in [0, 0.05) is 36.8 Å². The summed E-state index contributed by atoms with van der Waals surface area (Å²) in [6.07, 6.45) is -3.00. The van der Waals surface area contributed by atoms with E-state index in [4.69, 9.17) is 0 Å². The van der Waals surface area contributed by atoms with E-state index in [0.717, 1.165) is 31.0 Å². The molecule has 1 fully saturated rings. The third-order valence-electron chi connectivity index (χ3n) is 3.78. The van der Waals surface area contributed by atoms with E-state index in [1.165, 1.54) is 6.20 Å². The number of nitrogens with zero attached hydrogens (tertiary/aromatic N) is 3. The monoisotopic (exact) mass is 322 g/mol. The lowest BCUT2D eigenvalue weighted by atomic mass is 10.0. The predicted octanol–water partition coefficient (Wildman–Crippen LogP) is 2.06. The van der Waals surface area contributed by atoms with Crippen LogP contribution in [-0.2, 0) is 6.18 Å².